The lowest BCUT2D eigenvalue weighted by molar-refractivity contribution is 0.0724. The second-order valence-electron chi connectivity index (χ2n) is 5.87. The van der Waals surface area contributed by atoms with Gasteiger partial charge in [-0.05, 0) is 62.1 Å². The van der Waals surface area contributed by atoms with E-state index in [9.17, 15) is 4.79 Å². The summed E-state index contributed by atoms with van der Waals surface area (Å²) in [6.07, 6.45) is 5.10. The van der Waals surface area contributed by atoms with E-state index in [1.165, 1.54) is 6.42 Å². The number of carbonyl (C=O) groups excluding carboxylic acids is 1. The predicted molar refractivity (Wildman–Crippen MR) is 96.2 cm³/mol. The maximum Gasteiger partial charge on any atom is 0.254 e. The van der Waals surface area contributed by atoms with Crippen LogP contribution in [0.5, 0.6) is 0 Å². The first kappa shape index (κ1) is 16.0. The average Bonchev–Trinajstić information content (AvgIpc) is 2.58. The molecule has 1 amide bonds. The fraction of sp³-hybridized carbons (Fsp3) is 0.333. The van der Waals surface area contributed by atoms with Crippen LogP contribution in [-0.4, -0.2) is 28.9 Å². The van der Waals surface area contributed by atoms with E-state index in [0.29, 0.717) is 11.4 Å². The Morgan fingerprint density at radius 1 is 1.17 bits per heavy atom. The minimum atomic E-state index is 0.0992. The molecule has 1 aromatic heterocycles. The molecule has 0 spiro atoms. The Labute approximate surface area is 145 Å². The van der Waals surface area contributed by atoms with Gasteiger partial charge in [0.15, 0.2) is 0 Å². The molecule has 0 bridgehead atoms. The summed E-state index contributed by atoms with van der Waals surface area (Å²) >= 11 is 3.50. The van der Waals surface area contributed by atoms with E-state index in [0.717, 1.165) is 41.7 Å². The van der Waals surface area contributed by atoms with Crippen molar-refractivity contribution in [1.82, 2.24) is 9.88 Å². The largest absolute Gasteiger partial charge is 0.340 e. The van der Waals surface area contributed by atoms with E-state index in [2.05, 4.69) is 26.2 Å². The number of carbonyl (C=O) groups is 1. The number of nitrogens with zero attached hydrogens (tertiary/aromatic N) is 2. The molecule has 1 aliphatic heterocycles. The second-order valence-corrected chi connectivity index (χ2v) is 6.73. The lowest BCUT2D eigenvalue weighted by Crippen LogP contribution is -2.35. The first-order valence-electron chi connectivity index (χ1n) is 7.92. The number of aryl methyl sites for hydroxylation is 1. The maximum atomic E-state index is 12.6. The van der Waals surface area contributed by atoms with Gasteiger partial charge in [0.05, 0.1) is 0 Å². The minimum absolute atomic E-state index is 0.0992. The number of benzene rings is 1. The fourth-order valence-corrected chi connectivity index (χ4v) is 3.03. The van der Waals surface area contributed by atoms with Gasteiger partial charge >= 0.3 is 0 Å². The van der Waals surface area contributed by atoms with E-state index < -0.39 is 0 Å². The van der Waals surface area contributed by atoms with Crippen molar-refractivity contribution < 1.29 is 4.79 Å². The van der Waals surface area contributed by atoms with Crippen LogP contribution in [0, 0.1) is 6.92 Å². The number of anilines is 2. The van der Waals surface area contributed by atoms with Gasteiger partial charge in [0, 0.05) is 35.0 Å². The fourth-order valence-electron chi connectivity index (χ4n) is 2.78. The van der Waals surface area contributed by atoms with Crippen LogP contribution in [0.1, 0.15) is 35.2 Å². The summed E-state index contributed by atoms with van der Waals surface area (Å²) in [4.78, 5) is 18.8. The summed E-state index contributed by atoms with van der Waals surface area (Å²) < 4.78 is 1.07. The van der Waals surface area contributed by atoms with Crippen LogP contribution in [-0.2, 0) is 0 Å². The quantitative estimate of drug-likeness (QED) is 0.859. The van der Waals surface area contributed by atoms with Crippen molar-refractivity contribution in [1.29, 1.82) is 0 Å². The Hall–Kier alpha value is -1.88. The van der Waals surface area contributed by atoms with Gasteiger partial charge in [-0.15, -0.1) is 0 Å². The SMILES string of the molecule is Cc1cc(Nc2cc(C(=O)N3CCCCC3)ccn2)ccc1Br. The first-order chi connectivity index (χ1) is 11.1. The van der Waals surface area contributed by atoms with E-state index >= 15 is 0 Å². The molecule has 23 heavy (non-hydrogen) atoms. The summed E-state index contributed by atoms with van der Waals surface area (Å²) in [6.45, 7) is 3.75. The number of rotatable bonds is 3. The molecule has 1 N–H and O–H groups in total. The third-order valence-electron chi connectivity index (χ3n) is 4.08. The minimum Gasteiger partial charge on any atom is -0.340 e. The van der Waals surface area contributed by atoms with Gasteiger partial charge in [-0.25, -0.2) is 4.98 Å². The zero-order valence-electron chi connectivity index (χ0n) is 13.2. The van der Waals surface area contributed by atoms with E-state index in [1.807, 2.05) is 36.1 Å². The van der Waals surface area contributed by atoms with Crippen LogP contribution in [0.4, 0.5) is 11.5 Å². The molecule has 1 saturated heterocycles. The first-order valence-corrected chi connectivity index (χ1v) is 8.71. The van der Waals surface area contributed by atoms with Gasteiger partial charge in [-0.3, -0.25) is 4.79 Å². The Kier molecular flexibility index (Phi) is 4.96. The van der Waals surface area contributed by atoms with Gasteiger partial charge in [-0.2, -0.15) is 0 Å². The summed E-state index contributed by atoms with van der Waals surface area (Å²) in [7, 11) is 0. The highest BCUT2D eigenvalue weighted by Crippen LogP contribution is 2.23. The predicted octanol–water partition coefficient (Wildman–Crippen LogP) is 4.52. The van der Waals surface area contributed by atoms with Gasteiger partial charge in [0.1, 0.15) is 5.82 Å². The van der Waals surface area contributed by atoms with Crippen LogP contribution in [0.2, 0.25) is 0 Å². The molecular formula is C18H20BrN3O. The van der Waals surface area contributed by atoms with Crippen molar-refractivity contribution in [2.24, 2.45) is 0 Å². The molecule has 120 valence electrons. The number of nitrogens with one attached hydrogen (secondary N) is 1. The van der Waals surface area contributed by atoms with Crippen LogP contribution in [0.25, 0.3) is 0 Å². The Balaban J connectivity index is 1.76. The van der Waals surface area contributed by atoms with Crippen LogP contribution in [0.15, 0.2) is 41.0 Å². The van der Waals surface area contributed by atoms with Crippen LogP contribution >= 0.6 is 15.9 Å². The Bertz CT molecular complexity index is 711. The van der Waals surface area contributed by atoms with Gasteiger partial charge in [0.25, 0.3) is 5.91 Å². The standard InChI is InChI=1S/C18H20BrN3O/c1-13-11-15(5-6-16(13)19)21-17-12-14(7-8-20-17)18(23)22-9-3-2-4-10-22/h5-8,11-12H,2-4,9-10H2,1H3,(H,20,21). The van der Waals surface area contributed by atoms with E-state index in [1.54, 1.807) is 12.3 Å². The molecule has 5 heteroatoms. The Morgan fingerprint density at radius 3 is 2.70 bits per heavy atom. The highest BCUT2D eigenvalue weighted by Gasteiger charge is 2.18. The lowest BCUT2D eigenvalue weighted by Gasteiger charge is -2.26. The molecule has 0 unspecified atom stereocenters. The number of halogens is 1. The van der Waals surface area contributed by atoms with Gasteiger partial charge in [-0.1, -0.05) is 15.9 Å². The number of hydrogen-bond acceptors (Lipinski definition) is 3. The van der Waals surface area contributed by atoms with Crippen molar-refractivity contribution >= 4 is 33.3 Å². The highest BCUT2D eigenvalue weighted by atomic mass is 79.9. The van der Waals surface area contributed by atoms with Crippen molar-refractivity contribution in [3.63, 3.8) is 0 Å². The number of pyridine rings is 1. The molecule has 0 saturated carbocycles. The number of aromatic nitrogens is 1. The number of amides is 1. The van der Waals surface area contributed by atoms with Crippen molar-refractivity contribution in [2.45, 2.75) is 26.2 Å². The molecule has 2 heterocycles. The highest BCUT2D eigenvalue weighted by molar-refractivity contribution is 9.10. The second kappa shape index (κ2) is 7.13. The molecule has 3 rings (SSSR count). The van der Waals surface area contributed by atoms with E-state index in [-0.39, 0.29) is 5.91 Å². The molecule has 0 radical (unpaired) electrons. The average molecular weight is 374 g/mol. The molecule has 4 nitrogen and oxygen atoms in total. The van der Waals surface area contributed by atoms with Gasteiger partial charge < -0.3 is 10.2 Å². The number of likely N-dealkylation sites (tertiary alicyclic amines) is 1. The zero-order chi connectivity index (χ0) is 16.2. The van der Waals surface area contributed by atoms with Crippen molar-refractivity contribution in [3.8, 4) is 0 Å². The summed E-state index contributed by atoms with van der Waals surface area (Å²) in [5, 5.41) is 3.27. The third-order valence-corrected chi connectivity index (χ3v) is 4.97. The van der Waals surface area contributed by atoms with Crippen molar-refractivity contribution in [2.75, 3.05) is 18.4 Å². The number of piperidine rings is 1. The topological polar surface area (TPSA) is 45.2 Å². The van der Waals surface area contributed by atoms with Crippen LogP contribution in [0.3, 0.4) is 0 Å². The summed E-state index contributed by atoms with van der Waals surface area (Å²) in [6, 6.07) is 9.65. The van der Waals surface area contributed by atoms with Gasteiger partial charge in [0.2, 0.25) is 0 Å². The molecule has 1 aliphatic rings. The van der Waals surface area contributed by atoms with Crippen molar-refractivity contribution in [3.05, 3.63) is 52.1 Å². The monoisotopic (exact) mass is 373 g/mol. The molecule has 1 aromatic carbocycles. The number of hydrogen-bond donors (Lipinski definition) is 1. The molecule has 0 aliphatic carbocycles. The lowest BCUT2D eigenvalue weighted by atomic mass is 10.1. The third kappa shape index (κ3) is 3.91. The molecule has 0 atom stereocenters. The van der Waals surface area contributed by atoms with E-state index in [4.69, 9.17) is 0 Å². The maximum absolute atomic E-state index is 12.6. The Morgan fingerprint density at radius 2 is 1.96 bits per heavy atom. The smallest absolute Gasteiger partial charge is 0.254 e. The normalized spacial score (nSPS) is 14.6. The molecular weight excluding hydrogens is 354 g/mol. The summed E-state index contributed by atoms with van der Waals surface area (Å²) in [5.74, 6) is 0.789. The zero-order valence-corrected chi connectivity index (χ0v) is 14.8. The summed E-state index contributed by atoms with van der Waals surface area (Å²) in [5.41, 5.74) is 2.80. The van der Waals surface area contributed by atoms with Crippen LogP contribution < -0.4 is 5.32 Å². The molecule has 1 fully saturated rings. The molecule has 2 aromatic rings.